The van der Waals surface area contributed by atoms with Gasteiger partial charge in [-0.1, -0.05) is 42.1 Å². The van der Waals surface area contributed by atoms with Crippen LogP contribution < -0.4 is 5.32 Å². The predicted octanol–water partition coefficient (Wildman–Crippen LogP) is 3.38. The van der Waals surface area contributed by atoms with Crippen LogP contribution >= 0.6 is 11.8 Å². The van der Waals surface area contributed by atoms with Gasteiger partial charge in [-0.15, -0.1) is 0 Å². The smallest absolute Gasteiger partial charge is 0.253 e. The molecule has 1 aromatic carbocycles. The Hall–Kier alpha value is -1.92. The molecule has 1 heterocycles. The molecular weight excluding hydrogens is 334 g/mol. The van der Waals surface area contributed by atoms with Gasteiger partial charge in [-0.25, -0.2) is 9.97 Å². The van der Waals surface area contributed by atoms with Gasteiger partial charge in [0.25, 0.3) is 5.91 Å². The van der Waals surface area contributed by atoms with E-state index >= 15 is 0 Å². The Labute approximate surface area is 152 Å². The number of benzene rings is 1. The molecule has 1 aliphatic rings. The molecule has 1 saturated carbocycles. The van der Waals surface area contributed by atoms with Crippen LogP contribution in [0.4, 0.5) is 0 Å². The Morgan fingerprint density at radius 3 is 2.44 bits per heavy atom. The number of ether oxygens (including phenoxy) is 1. The zero-order valence-electron chi connectivity index (χ0n) is 14.3. The summed E-state index contributed by atoms with van der Waals surface area (Å²) in [5.74, 6) is -0.0591. The minimum atomic E-state index is -0.550. The lowest BCUT2D eigenvalue weighted by atomic mass is 9.94. The van der Waals surface area contributed by atoms with Gasteiger partial charge >= 0.3 is 0 Å². The lowest BCUT2D eigenvalue weighted by Gasteiger charge is -2.29. The van der Waals surface area contributed by atoms with E-state index in [4.69, 9.17) is 4.74 Å². The average molecular weight is 357 g/mol. The number of carbonyl (C=O) groups excluding carboxylic acids is 1. The number of carbonyl (C=O) groups is 1. The quantitative estimate of drug-likeness (QED) is 0.803. The number of nitrogens with zero attached hydrogens (tertiary/aromatic N) is 2. The summed E-state index contributed by atoms with van der Waals surface area (Å²) in [6, 6.07) is 11.6. The molecule has 2 aromatic rings. The first kappa shape index (κ1) is 17.9. The van der Waals surface area contributed by atoms with Crippen LogP contribution in [0.5, 0.6) is 0 Å². The zero-order chi connectivity index (χ0) is 17.5. The van der Waals surface area contributed by atoms with Gasteiger partial charge in [0, 0.05) is 30.8 Å². The van der Waals surface area contributed by atoms with Crippen LogP contribution in [0, 0.1) is 0 Å². The second-order valence-electron chi connectivity index (χ2n) is 6.16. The standard InChI is InChI=1S/C19H23N3O2S/c1-24-17(14-6-3-2-4-7-14)18(23)22-15-8-10-16(11-9-15)25-19-20-12-5-13-21-19/h2-7,12-13,15-17H,8-11H2,1H3,(H,22,23). The summed E-state index contributed by atoms with van der Waals surface area (Å²) >= 11 is 1.73. The second kappa shape index (κ2) is 8.97. The number of aromatic nitrogens is 2. The van der Waals surface area contributed by atoms with Gasteiger partial charge in [-0.3, -0.25) is 4.79 Å². The van der Waals surface area contributed by atoms with Gasteiger partial charge in [0.1, 0.15) is 0 Å². The molecule has 0 saturated heterocycles. The highest BCUT2D eigenvalue weighted by Crippen LogP contribution is 2.32. The van der Waals surface area contributed by atoms with Crippen LogP contribution in [0.15, 0.2) is 53.9 Å². The third-order valence-corrected chi connectivity index (χ3v) is 5.64. The van der Waals surface area contributed by atoms with Crippen LogP contribution in [0.3, 0.4) is 0 Å². The first-order chi connectivity index (χ1) is 12.3. The van der Waals surface area contributed by atoms with Crippen molar-refractivity contribution in [3.8, 4) is 0 Å². The van der Waals surface area contributed by atoms with Crippen LogP contribution in [0.25, 0.3) is 0 Å². The first-order valence-corrected chi connectivity index (χ1v) is 9.46. The molecule has 1 N–H and O–H groups in total. The SMILES string of the molecule is COC(C(=O)NC1CCC(Sc2ncccn2)CC1)c1ccccc1. The van der Waals surface area contributed by atoms with Crippen molar-refractivity contribution in [2.24, 2.45) is 0 Å². The summed E-state index contributed by atoms with van der Waals surface area (Å²) < 4.78 is 5.41. The van der Waals surface area contributed by atoms with Crippen molar-refractivity contribution >= 4 is 17.7 Å². The molecule has 0 radical (unpaired) electrons. The fraction of sp³-hybridized carbons (Fsp3) is 0.421. The summed E-state index contributed by atoms with van der Waals surface area (Å²) in [6.07, 6.45) is 7.05. The number of hydrogen-bond donors (Lipinski definition) is 1. The van der Waals surface area contributed by atoms with E-state index in [2.05, 4.69) is 15.3 Å². The molecule has 1 fully saturated rings. The number of rotatable bonds is 6. The molecule has 1 atom stereocenters. The highest BCUT2D eigenvalue weighted by Gasteiger charge is 2.27. The van der Waals surface area contributed by atoms with Crippen molar-refractivity contribution in [2.75, 3.05) is 7.11 Å². The van der Waals surface area contributed by atoms with E-state index in [1.807, 2.05) is 36.4 Å². The summed E-state index contributed by atoms with van der Waals surface area (Å²) in [5.41, 5.74) is 0.882. The Kier molecular flexibility index (Phi) is 6.42. The van der Waals surface area contributed by atoms with Gasteiger partial charge < -0.3 is 10.1 Å². The van der Waals surface area contributed by atoms with Crippen LogP contribution in [0.1, 0.15) is 37.4 Å². The minimum absolute atomic E-state index is 0.0591. The maximum atomic E-state index is 12.6. The maximum absolute atomic E-state index is 12.6. The molecule has 132 valence electrons. The Bertz CT molecular complexity index is 661. The van der Waals surface area contributed by atoms with E-state index in [0.717, 1.165) is 36.4 Å². The normalized spacial score (nSPS) is 21.5. The summed E-state index contributed by atoms with van der Waals surface area (Å²) in [7, 11) is 1.57. The topological polar surface area (TPSA) is 64.1 Å². The highest BCUT2D eigenvalue weighted by atomic mass is 32.2. The van der Waals surface area contributed by atoms with Crippen molar-refractivity contribution in [3.63, 3.8) is 0 Å². The molecule has 1 aliphatic carbocycles. The molecule has 1 aromatic heterocycles. The van der Waals surface area contributed by atoms with E-state index in [-0.39, 0.29) is 11.9 Å². The van der Waals surface area contributed by atoms with Crippen molar-refractivity contribution < 1.29 is 9.53 Å². The maximum Gasteiger partial charge on any atom is 0.253 e. The lowest BCUT2D eigenvalue weighted by molar-refractivity contribution is -0.132. The van der Waals surface area contributed by atoms with Crippen LogP contribution in [-0.4, -0.2) is 34.3 Å². The van der Waals surface area contributed by atoms with Crippen LogP contribution in [-0.2, 0) is 9.53 Å². The molecule has 5 nitrogen and oxygen atoms in total. The second-order valence-corrected chi connectivity index (χ2v) is 7.43. The minimum Gasteiger partial charge on any atom is -0.367 e. The van der Waals surface area contributed by atoms with Crippen molar-refractivity contribution in [2.45, 2.75) is 48.2 Å². The lowest BCUT2D eigenvalue weighted by Crippen LogP contribution is -2.41. The van der Waals surface area contributed by atoms with E-state index in [9.17, 15) is 4.79 Å². The average Bonchev–Trinajstić information content (AvgIpc) is 2.66. The van der Waals surface area contributed by atoms with Gasteiger partial charge in [0.15, 0.2) is 11.3 Å². The molecule has 25 heavy (non-hydrogen) atoms. The third-order valence-electron chi connectivity index (χ3n) is 4.41. The monoisotopic (exact) mass is 357 g/mol. The summed E-state index contributed by atoms with van der Waals surface area (Å²) in [6.45, 7) is 0. The van der Waals surface area contributed by atoms with E-state index in [1.54, 1.807) is 31.3 Å². The molecule has 0 bridgehead atoms. The van der Waals surface area contributed by atoms with Gasteiger partial charge in [-0.2, -0.15) is 0 Å². The highest BCUT2D eigenvalue weighted by molar-refractivity contribution is 7.99. The van der Waals surface area contributed by atoms with E-state index in [1.165, 1.54) is 0 Å². The summed E-state index contributed by atoms with van der Waals surface area (Å²) in [5, 5.41) is 4.50. The molecule has 0 spiro atoms. The molecule has 3 rings (SSSR count). The number of nitrogens with one attached hydrogen (secondary N) is 1. The van der Waals surface area contributed by atoms with Gasteiger partial charge in [0.2, 0.25) is 0 Å². The van der Waals surface area contributed by atoms with Crippen molar-refractivity contribution in [1.82, 2.24) is 15.3 Å². The van der Waals surface area contributed by atoms with E-state index < -0.39 is 6.10 Å². The Morgan fingerprint density at radius 2 is 1.80 bits per heavy atom. The fourth-order valence-corrected chi connectivity index (χ4v) is 4.17. The molecule has 1 amide bonds. The predicted molar refractivity (Wildman–Crippen MR) is 98.3 cm³/mol. The molecule has 6 heteroatoms. The van der Waals surface area contributed by atoms with Gasteiger partial charge in [-0.05, 0) is 37.3 Å². The number of hydrogen-bond acceptors (Lipinski definition) is 5. The van der Waals surface area contributed by atoms with Gasteiger partial charge in [0.05, 0.1) is 0 Å². The number of methoxy groups -OCH3 is 1. The summed E-state index contributed by atoms with van der Waals surface area (Å²) in [4.78, 5) is 21.1. The molecule has 1 unspecified atom stereocenters. The number of thioether (sulfide) groups is 1. The Morgan fingerprint density at radius 1 is 1.12 bits per heavy atom. The molecule has 0 aliphatic heterocycles. The number of amides is 1. The molecular formula is C19H23N3O2S. The van der Waals surface area contributed by atoms with E-state index in [0.29, 0.717) is 5.25 Å². The largest absolute Gasteiger partial charge is 0.367 e. The Balaban J connectivity index is 1.49. The first-order valence-electron chi connectivity index (χ1n) is 8.58. The van der Waals surface area contributed by atoms with Crippen molar-refractivity contribution in [1.29, 1.82) is 0 Å². The third kappa shape index (κ3) is 5.03. The fourth-order valence-electron chi connectivity index (χ4n) is 3.12. The zero-order valence-corrected chi connectivity index (χ0v) is 15.1. The van der Waals surface area contributed by atoms with Crippen molar-refractivity contribution in [3.05, 3.63) is 54.4 Å². The van der Waals surface area contributed by atoms with Crippen LogP contribution in [0.2, 0.25) is 0 Å².